The van der Waals surface area contributed by atoms with Crippen molar-refractivity contribution >= 4 is 50.8 Å². The van der Waals surface area contributed by atoms with Gasteiger partial charge in [0.15, 0.2) is 5.65 Å². The molecule has 82 valence electrons. The Hall–Kier alpha value is -1.63. The van der Waals surface area contributed by atoms with E-state index in [0.29, 0.717) is 0 Å². The SMILES string of the molecule is In1c2ncccc2n2c3ccccc3nc12. The molecule has 3 heterocycles. The highest BCUT2D eigenvalue weighted by Crippen LogP contribution is 2.25. The first-order chi connectivity index (χ1) is 8.36. The first kappa shape index (κ1) is 9.41. The second kappa shape index (κ2) is 3.19. The standard InChI is InChI=1S/C12H7IN4/c13-17-11-10(6-3-7-14-11)16-9-5-2-1-4-8(9)15-12(16)17/h1-7H. The normalized spacial score (nSPS) is 11.8. The third-order valence-electron chi connectivity index (χ3n) is 2.91. The molecule has 17 heavy (non-hydrogen) atoms. The largest absolute Gasteiger partial charge is 0.274 e. The number of aromatic nitrogens is 4. The van der Waals surface area contributed by atoms with Crippen LogP contribution in [0.4, 0.5) is 0 Å². The number of para-hydroxylation sites is 2. The number of halogens is 1. The molecule has 0 N–H and O–H groups in total. The van der Waals surface area contributed by atoms with E-state index in [9.17, 15) is 0 Å². The van der Waals surface area contributed by atoms with Gasteiger partial charge in [-0.2, -0.15) is 0 Å². The Labute approximate surface area is 110 Å². The maximum Gasteiger partial charge on any atom is 0.226 e. The van der Waals surface area contributed by atoms with E-state index >= 15 is 0 Å². The van der Waals surface area contributed by atoms with Crippen LogP contribution >= 0.6 is 22.9 Å². The van der Waals surface area contributed by atoms with Crippen molar-refractivity contribution in [3.63, 3.8) is 0 Å². The molecule has 0 bridgehead atoms. The van der Waals surface area contributed by atoms with Gasteiger partial charge in [0, 0.05) is 6.20 Å². The number of imidazole rings is 2. The molecule has 4 rings (SSSR count). The van der Waals surface area contributed by atoms with Crippen LogP contribution < -0.4 is 0 Å². The third kappa shape index (κ3) is 1.12. The molecule has 5 heteroatoms. The minimum Gasteiger partial charge on any atom is -0.274 e. The van der Waals surface area contributed by atoms with Crippen LogP contribution in [0.5, 0.6) is 0 Å². The van der Waals surface area contributed by atoms with Crippen molar-refractivity contribution in [2.75, 3.05) is 0 Å². The summed E-state index contributed by atoms with van der Waals surface area (Å²) in [6.45, 7) is 0. The Kier molecular flexibility index (Phi) is 1.77. The minimum atomic E-state index is 0.917. The Morgan fingerprint density at radius 1 is 1.00 bits per heavy atom. The molecular formula is C12H7IN4. The summed E-state index contributed by atoms with van der Waals surface area (Å²) in [5, 5.41) is 0. The van der Waals surface area contributed by atoms with Crippen LogP contribution in [0.2, 0.25) is 0 Å². The summed E-state index contributed by atoms with van der Waals surface area (Å²) < 4.78 is 4.14. The topological polar surface area (TPSA) is 35.1 Å². The van der Waals surface area contributed by atoms with E-state index in [1.807, 2.05) is 27.0 Å². The van der Waals surface area contributed by atoms with Crippen molar-refractivity contribution in [3.8, 4) is 0 Å². The zero-order valence-electron chi connectivity index (χ0n) is 8.71. The second-order valence-electron chi connectivity index (χ2n) is 3.86. The van der Waals surface area contributed by atoms with Crippen LogP contribution in [0, 0.1) is 0 Å². The number of benzene rings is 1. The van der Waals surface area contributed by atoms with Gasteiger partial charge in [0.2, 0.25) is 5.78 Å². The van der Waals surface area contributed by atoms with Crippen LogP contribution in [0.1, 0.15) is 0 Å². The molecule has 1 aromatic carbocycles. The molecule has 4 nitrogen and oxygen atoms in total. The molecule has 4 aromatic rings. The van der Waals surface area contributed by atoms with Gasteiger partial charge >= 0.3 is 0 Å². The lowest BCUT2D eigenvalue weighted by atomic mass is 10.3. The second-order valence-corrected chi connectivity index (χ2v) is 4.83. The lowest BCUT2D eigenvalue weighted by molar-refractivity contribution is 1.25. The molecule has 0 aliphatic rings. The predicted molar refractivity (Wildman–Crippen MR) is 75.4 cm³/mol. The molecule has 0 spiro atoms. The fourth-order valence-electron chi connectivity index (χ4n) is 2.19. The Balaban J connectivity index is 2.41. The Morgan fingerprint density at radius 2 is 1.82 bits per heavy atom. The lowest BCUT2D eigenvalue weighted by Gasteiger charge is -1.92. The van der Waals surface area contributed by atoms with Gasteiger partial charge in [-0.25, -0.2) is 12.7 Å². The fourth-order valence-corrected chi connectivity index (χ4v) is 2.89. The van der Waals surface area contributed by atoms with E-state index in [-0.39, 0.29) is 0 Å². The fraction of sp³-hybridized carbons (Fsp3) is 0. The summed E-state index contributed by atoms with van der Waals surface area (Å²) in [7, 11) is 0. The molecule has 0 saturated heterocycles. The molecule has 0 unspecified atom stereocenters. The number of nitrogens with zero attached hydrogens (tertiary/aromatic N) is 4. The monoisotopic (exact) mass is 334 g/mol. The summed E-state index contributed by atoms with van der Waals surface area (Å²) in [4.78, 5) is 9.02. The summed E-state index contributed by atoms with van der Waals surface area (Å²) in [5.74, 6) is 0.917. The summed E-state index contributed by atoms with van der Waals surface area (Å²) in [5.41, 5.74) is 4.17. The van der Waals surface area contributed by atoms with Crippen molar-refractivity contribution in [1.82, 2.24) is 17.1 Å². The molecule has 0 aliphatic heterocycles. The smallest absolute Gasteiger partial charge is 0.226 e. The van der Waals surface area contributed by atoms with Crippen LogP contribution in [0.15, 0.2) is 42.6 Å². The number of pyridine rings is 1. The third-order valence-corrected chi connectivity index (χ3v) is 3.80. The van der Waals surface area contributed by atoms with Gasteiger partial charge in [-0.3, -0.25) is 4.40 Å². The average Bonchev–Trinajstić information content (AvgIpc) is 2.88. The van der Waals surface area contributed by atoms with Crippen LogP contribution in [0.25, 0.3) is 28.0 Å². The molecule has 0 radical (unpaired) electrons. The van der Waals surface area contributed by atoms with Crippen molar-refractivity contribution in [1.29, 1.82) is 0 Å². The Bertz CT molecular complexity index is 859. The van der Waals surface area contributed by atoms with Crippen molar-refractivity contribution in [2.45, 2.75) is 0 Å². The van der Waals surface area contributed by atoms with E-state index in [1.54, 1.807) is 6.20 Å². The van der Waals surface area contributed by atoms with Gasteiger partial charge < -0.3 is 0 Å². The average molecular weight is 334 g/mol. The molecule has 0 saturated carbocycles. The van der Waals surface area contributed by atoms with Crippen molar-refractivity contribution < 1.29 is 0 Å². The van der Waals surface area contributed by atoms with Gasteiger partial charge in [0.25, 0.3) is 0 Å². The maximum absolute atomic E-state index is 4.63. The first-order valence-electron chi connectivity index (χ1n) is 5.25. The Morgan fingerprint density at radius 3 is 2.76 bits per heavy atom. The highest BCUT2D eigenvalue weighted by Gasteiger charge is 2.14. The van der Waals surface area contributed by atoms with E-state index < -0.39 is 0 Å². The molecule has 0 fully saturated rings. The summed E-state index contributed by atoms with van der Waals surface area (Å²) in [6.07, 6.45) is 1.80. The zero-order valence-corrected chi connectivity index (χ0v) is 10.9. The van der Waals surface area contributed by atoms with E-state index in [1.165, 1.54) is 0 Å². The molecule has 0 amide bonds. The molecular weight excluding hydrogens is 327 g/mol. The molecule has 0 aliphatic carbocycles. The summed E-state index contributed by atoms with van der Waals surface area (Å²) in [6, 6.07) is 12.2. The number of hydrogen-bond acceptors (Lipinski definition) is 2. The van der Waals surface area contributed by atoms with Gasteiger partial charge in [0.1, 0.15) is 0 Å². The van der Waals surface area contributed by atoms with Crippen LogP contribution in [0.3, 0.4) is 0 Å². The summed E-state index contributed by atoms with van der Waals surface area (Å²) >= 11 is 2.24. The maximum atomic E-state index is 4.63. The predicted octanol–water partition coefficient (Wildman–Crippen LogP) is 3.04. The minimum absolute atomic E-state index is 0.917. The first-order valence-corrected chi connectivity index (χ1v) is 6.21. The van der Waals surface area contributed by atoms with E-state index in [2.05, 4.69) is 49.4 Å². The van der Waals surface area contributed by atoms with Crippen LogP contribution in [-0.4, -0.2) is 17.1 Å². The number of fused-ring (bicyclic) bond motifs is 5. The number of hydrogen-bond donors (Lipinski definition) is 0. The number of rotatable bonds is 0. The molecule has 3 aromatic heterocycles. The zero-order chi connectivity index (χ0) is 11.4. The molecule has 0 atom stereocenters. The van der Waals surface area contributed by atoms with Gasteiger partial charge in [-0.15, -0.1) is 0 Å². The highest BCUT2D eigenvalue weighted by atomic mass is 127. The van der Waals surface area contributed by atoms with Crippen LogP contribution in [-0.2, 0) is 0 Å². The van der Waals surface area contributed by atoms with Gasteiger partial charge in [-0.05, 0) is 24.3 Å². The van der Waals surface area contributed by atoms with Gasteiger partial charge in [-0.1, -0.05) is 12.1 Å². The van der Waals surface area contributed by atoms with Crippen molar-refractivity contribution in [2.24, 2.45) is 0 Å². The quantitative estimate of drug-likeness (QED) is 0.464. The van der Waals surface area contributed by atoms with Crippen molar-refractivity contribution in [3.05, 3.63) is 42.6 Å². The van der Waals surface area contributed by atoms with E-state index in [0.717, 1.165) is 28.0 Å². The van der Waals surface area contributed by atoms with E-state index in [4.69, 9.17) is 0 Å². The highest BCUT2D eigenvalue weighted by molar-refractivity contribution is 14.1. The van der Waals surface area contributed by atoms with Gasteiger partial charge in [0.05, 0.1) is 39.4 Å². The lowest BCUT2D eigenvalue weighted by Crippen LogP contribution is -1.82.